The van der Waals surface area contributed by atoms with E-state index < -0.39 is 44.4 Å². The summed E-state index contributed by atoms with van der Waals surface area (Å²) < 4.78 is 48.8. The zero-order valence-corrected chi connectivity index (χ0v) is 17.2. The minimum Gasteiger partial charge on any atom is -0.444 e. The van der Waals surface area contributed by atoms with Crippen molar-refractivity contribution < 1.29 is 26.8 Å². The Hall–Kier alpha value is -2.49. The number of hydrogen-bond acceptors (Lipinski definition) is 7. The molecule has 1 atom stereocenters. The predicted octanol–water partition coefficient (Wildman–Crippen LogP) is 3.40. The van der Waals surface area contributed by atoms with Crippen molar-refractivity contribution in [1.29, 1.82) is 0 Å². The molecule has 0 aliphatic carbocycles. The van der Waals surface area contributed by atoms with Gasteiger partial charge in [0, 0.05) is 0 Å². The second kappa shape index (κ2) is 8.26. The highest BCUT2D eigenvalue weighted by molar-refractivity contribution is 7.90. The van der Waals surface area contributed by atoms with Crippen LogP contribution in [0, 0.1) is 11.7 Å². The molecular weight excluding hydrogens is 389 g/mol. The smallest absolute Gasteiger partial charge is 0.408 e. The second-order valence-corrected chi connectivity index (χ2v) is 9.53. The largest absolute Gasteiger partial charge is 0.444 e. The molecule has 0 radical (unpaired) electrons. The van der Waals surface area contributed by atoms with E-state index in [1.54, 1.807) is 34.6 Å². The maximum Gasteiger partial charge on any atom is 0.408 e. The lowest BCUT2D eigenvalue weighted by Gasteiger charge is -2.23. The fourth-order valence-electron chi connectivity index (χ4n) is 2.33. The van der Waals surface area contributed by atoms with Crippen LogP contribution in [-0.4, -0.2) is 30.3 Å². The van der Waals surface area contributed by atoms with Gasteiger partial charge in [-0.05, 0) is 44.4 Å². The van der Waals surface area contributed by atoms with Crippen molar-refractivity contribution in [3.63, 3.8) is 0 Å². The van der Waals surface area contributed by atoms with Crippen molar-refractivity contribution >= 4 is 15.9 Å². The van der Waals surface area contributed by atoms with Gasteiger partial charge in [-0.15, -0.1) is 5.10 Å². The van der Waals surface area contributed by atoms with E-state index in [0.29, 0.717) is 0 Å². The van der Waals surface area contributed by atoms with Gasteiger partial charge in [0.25, 0.3) is 0 Å². The molecule has 0 spiro atoms. The molecule has 0 saturated carbocycles. The zero-order chi connectivity index (χ0) is 21.1. The minimum absolute atomic E-state index is 0.0568. The molecule has 2 aromatic rings. The van der Waals surface area contributed by atoms with Crippen molar-refractivity contribution in [3.05, 3.63) is 41.5 Å². The summed E-state index contributed by atoms with van der Waals surface area (Å²) in [4.78, 5) is 12.0. The lowest BCUT2D eigenvalue weighted by atomic mass is 10.1. The third kappa shape index (κ3) is 6.01. The van der Waals surface area contributed by atoms with Gasteiger partial charge in [0.15, 0.2) is 0 Å². The van der Waals surface area contributed by atoms with Gasteiger partial charge in [-0.1, -0.05) is 31.1 Å². The minimum atomic E-state index is -3.98. The van der Waals surface area contributed by atoms with Crippen LogP contribution in [0.1, 0.15) is 52.1 Å². The molecule has 1 aromatic heterocycles. The van der Waals surface area contributed by atoms with Crippen LogP contribution >= 0.6 is 0 Å². The van der Waals surface area contributed by atoms with Gasteiger partial charge in [-0.2, -0.15) is 0 Å². The number of ether oxygens (including phenoxy) is 1. The summed E-state index contributed by atoms with van der Waals surface area (Å²) in [7, 11) is -3.98. The van der Waals surface area contributed by atoms with Crippen LogP contribution in [0.15, 0.2) is 33.9 Å². The Morgan fingerprint density at radius 2 is 1.96 bits per heavy atom. The summed E-state index contributed by atoms with van der Waals surface area (Å²) in [6.07, 6.45) is -0.687. The average Bonchev–Trinajstić information content (AvgIpc) is 3.00. The first-order chi connectivity index (χ1) is 12.9. The SMILES string of the molecule is CC(C)[C@H](NC(=O)OC(C)(C)C)c1nnc(S(=O)(=O)Cc2cccc(F)c2)o1. The van der Waals surface area contributed by atoms with E-state index in [1.165, 1.54) is 18.2 Å². The fourth-order valence-corrected chi connectivity index (χ4v) is 3.45. The molecule has 0 bridgehead atoms. The highest BCUT2D eigenvalue weighted by Crippen LogP contribution is 2.24. The molecular formula is C18H24FN3O5S. The second-order valence-electron chi connectivity index (χ2n) is 7.66. The number of nitrogens with one attached hydrogen (secondary N) is 1. The Morgan fingerprint density at radius 3 is 2.54 bits per heavy atom. The molecule has 154 valence electrons. The molecule has 1 amide bonds. The maximum atomic E-state index is 13.3. The molecule has 0 aliphatic rings. The first-order valence-electron chi connectivity index (χ1n) is 8.67. The van der Waals surface area contributed by atoms with Gasteiger partial charge in [0.2, 0.25) is 15.7 Å². The first kappa shape index (κ1) is 21.8. The number of hydrogen-bond donors (Lipinski definition) is 1. The molecule has 10 heteroatoms. The Balaban J connectivity index is 2.20. The number of halogens is 1. The molecule has 0 unspecified atom stereocenters. The van der Waals surface area contributed by atoms with Crippen molar-refractivity contribution in [2.24, 2.45) is 5.92 Å². The zero-order valence-electron chi connectivity index (χ0n) is 16.4. The summed E-state index contributed by atoms with van der Waals surface area (Å²) in [6.45, 7) is 8.77. The van der Waals surface area contributed by atoms with Crippen LogP contribution in [0.3, 0.4) is 0 Å². The molecule has 2 rings (SSSR count). The van der Waals surface area contributed by atoms with E-state index in [9.17, 15) is 17.6 Å². The van der Waals surface area contributed by atoms with Crippen LogP contribution in [0.5, 0.6) is 0 Å². The molecule has 28 heavy (non-hydrogen) atoms. The highest BCUT2D eigenvalue weighted by atomic mass is 32.2. The third-order valence-electron chi connectivity index (χ3n) is 3.54. The van der Waals surface area contributed by atoms with Gasteiger partial charge in [-0.3, -0.25) is 0 Å². The topological polar surface area (TPSA) is 111 Å². The summed E-state index contributed by atoms with van der Waals surface area (Å²) in [6, 6.07) is 4.50. The van der Waals surface area contributed by atoms with Crippen molar-refractivity contribution in [2.75, 3.05) is 0 Å². The highest BCUT2D eigenvalue weighted by Gasteiger charge is 2.30. The number of aromatic nitrogens is 2. The normalized spacial score (nSPS) is 13.4. The Labute approximate surface area is 163 Å². The van der Waals surface area contributed by atoms with E-state index >= 15 is 0 Å². The molecule has 1 heterocycles. The molecule has 0 fully saturated rings. The van der Waals surface area contributed by atoms with Gasteiger partial charge >= 0.3 is 11.3 Å². The number of carbonyl (C=O) groups excluding carboxylic acids is 1. The molecule has 1 N–H and O–H groups in total. The Morgan fingerprint density at radius 1 is 1.29 bits per heavy atom. The number of benzene rings is 1. The van der Waals surface area contributed by atoms with Gasteiger partial charge in [0.1, 0.15) is 17.5 Å². The van der Waals surface area contributed by atoms with E-state index in [1.807, 2.05) is 0 Å². The molecule has 8 nitrogen and oxygen atoms in total. The van der Waals surface area contributed by atoms with Crippen LogP contribution in [0.25, 0.3) is 0 Å². The van der Waals surface area contributed by atoms with Crippen LogP contribution in [-0.2, 0) is 20.3 Å². The summed E-state index contributed by atoms with van der Waals surface area (Å²) in [5.74, 6) is -1.26. The van der Waals surface area contributed by atoms with Crippen LogP contribution in [0.4, 0.5) is 9.18 Å². The summed E-state index contributed by atoms with van der Waals surface area (Å²) in [5, 5.41) is 9.39. The van der Waals surface area contributed by atoms with E-state index in [4.69, 9.17) is 9.15 Å². The number of rotatable bonds is 6. The monoisotopic (exact) mass is 413 g/mol. The quantitative estimate of drug-likeness (QED) is 0.772. The Bertz CT molecular complexity index is 935. The van der Waals surface area contributed by atoms with Crippen LogP contribution in [0.2, 0.25) is 0 Å². The number of carbonyl (C=O) groups is 1. The van der Waals surface area contributed by atoms with E-state index in [0.717, 1.165) is 6.07 Å². The third-order valence-corrected chi connectivity index (χ3v) is 4.95. The lowest BCUT2D eigenvalue weighted by molar-refractivity contribution is 0.0477. The first-order valence-corrected chi connectivity index (χ1v) is 10.3. The van der Waals surface area contributed by atoms with E-state index in [2.05, 4.69) is 15.5 Å². The number of nitrogens with zero attached hydrogens (tertiary/aromatic N) is 2. The fraction of sp³-hybridized carbons (Fsp3) is 0.500. The lowest BCUT2D eigenvalue weighted by Crippen LogP contribution is -2.37. The summed E-state index contributed by atoms with van der Waals surface area (Å²) in [5.41, 5.74) is -0.438. The van der Waals surface area contributed by atoms with Crippen LogP contribution < -0.4 is 5.32 Å². The number of sulfone groups is 1. The number of amides is 1. The molecule has 1 aromatic carbocycles. The average molecular weight is 413 g/mol. The Kier molecular flexibility index (Phi) is 6.43. The van der Waals surface area contributed by atoms with Crippen molar-refractivity contribution in [1.82, 2.24) is 15.5 Å². The maximum absolute atomic E-state index is 13.3. The van der Waals surface area contributed by atoms with E-state index in [-0.39, 0.29) is 17.4 Å². The molecule has 0 aliphatic heterocycles. The molecule has 0 saturated heterocycles. The standard InChI is InChI=1S/C18H24FN3O5S/c1-11(2)14(20-16(23)27-18(3,4)5)15-21-22-17(26-15)28(24,25)10-12-7-6-8-13(19)9-12/h6-9,11,14H,10H2,1-5H3,(H,20,23)/t14-/m0/s1. The number of alkyl carbamates (subject to hydrolysis) is 1. The van der Waals surface area contributed by atoms with Gasteiger partial charge in [0.05, 0.1) is 5.75 Å². The van der Waals surface area contributed by atoms with Gasteiger partial charge < -0.3 is 14.5 Å². The van der Waals surface area contributed by atoms with Gasteiger partial charge in [-0.25, -0.2) is 17.6 Å². The van der Waals surface area contributed by atoms with Crippen molar-refractivity contribution in [2.45, 2.75) is 57.2 Å². The summed E-state index contributed by atoms with van der Waals surface area (Å²) >= 11 is 0. The van der Waals surface area contributed by atoms with Crippen molar-refractivity contribution in [3.8, 4) is 0 Å². The predicted molar refractivity (Wildman–Crippen MR) is 98.5 cm³/mol.